The number of carbonyl (C=O) groups excluding carboxylic acids is 1. The van der Waals surface area contributed by atoms with Gasteiger partial charge in [-0.3, -0.25) is 4.79 Å². The van der Waals surface area contributed by atoms with Crippen LogP contribution in [-0.2, 0) is 4.79 Å². The van der Waals surface area contributed by atoms with Gasteiger partial charge in [0.2, 0.25) is 6.79 Å². The molecule has 5 rings (SSSR count). The van der Waals surface area contributed by atoms with Gasteiger partial charge >= 0.3 is 0 Å². The van der Waals surface area contributed by atoms with E-state index in [-0.39, 0.29) is 18.7 Å². The summed E-state index contributed by atoms with van der Waals surface area (Å²) in [5.41, 5.74) is 4.55. The number of hydrogen-bond acceptors (Lipinski definition) is 4. The predicted octanol–water partition coefficient (Wildman–Crippen LogP) is 3.57. The van der Waals surface area contributed by atoms with Gasteiger partial charge in [0.1, 0.15) is 0 Å². The molecule has 1 amide bonds. The second-order valence-corrected chi connectivity index (χ2v) is 7.94. The molecule has 2 atom stereocenters. The molecule has 2 aromatic carbocycles. The lowest BCUT2D eigenvalue weighted by atomic mass is 9.89. The Morgan fingerprint density at radius 2 is 2.00 bits per heavy atom. The van der Waals surface area contributed by atoms with E-state index in [1.807, 2.05) is 29.2 Å². The second kappa shape index (κ2) is 6.67. The topological polar surface area (TPSA) is 42.0 Å². The molecular formula is C23H24N2O3. The first-order chi connectivity index (χ1) is 13.6. The molecule has 0 aromatic heterocycles. The summed E-state index contributed by atoms with van der Waals surface area (Å²) in [4.78, 5) is 17.6. The molecular weight excluding hydrogens is 352 g/mol. The van der Waals surface area contributed by atoms with E-state index < -0.39 is 0 Å². The van der Waals surface area contributed by atoms with E-state index >= 15 is 0 Å². The normalized spacial score (nSPS) is 23.1. The molecule has 0 radical (unpaired) electrons. The number of fused-ring (bicyclic) bond motifs is 4. The van der Waals surface area contributed by atoms with Crippen molar-refractivity contribution < 1.29 is 14.3 Å². The van der Waals surface area contributed by atoms with Crippen LogP contribution in [0.15, 0.2) is 42.5 Å². The summed E-state index contributed by atoms with van der Waals surface area (Å²) in [6.45, 7) is 4.38. The molecule has 3 aliphatic rings. The minimum atomic E-state index is 0.0415. The molecule has 1 fully saturated rings. The molecule has 0 N–H and O–H groups in total. The van der Waals surface area contributed by atoms with E-state index in [2.05, 4.69) is 37.1 Å². The molecule has 3 heterocycles. The summed E-state index contributed by atoms with van der Waals surface area (Å²) in [5.74, 6) is 1.91. The monoisotopic (exact) mass is 376 g/mol. The number of hydrogen-bond donors (Lipinski definition) is 0. The second-order valence-electron chi connectivity index (χ2n) is 7.94. The van der Waals surface area contributed by atoms with Crippen molar-refractivity contribution in [3.8, 4) is 11.5 Å². The van der Waals surface area contributed by atoms with Crippen molar-refractivity contribution in [3.63, 3.8) is 0 Å². The number of benzene rings is 2. The van der Waals surface area contributed by atoms with Gasteiger partial charge < -0.3 is 19.3 Å². The third-order valence-electron chi connectivity index (χ3n) is 6.01. The minimum absolute atomic E-state index is 0.0415. The lowest BCUT2D eigenvalue weighted by molar-refractivity contribution is -0.114. The molecule has 5 heteroatoms. The lowest BCUT2D eigenvalue weighted by Crippen LogP contribution is -2.46. The van der Waals surface area contributed by atoms with Crippen LogP contribution in [0.2, 0.25) is 0 Å². The molecule has 3 aliphatic heterocycles. The summed E-state index contributed by atoms with van der Waals surface area (Å²) < 4.78 is 10.8. The van der Waals surface area contributed by atoms with Crippen molar-refractivity contribution in [2.45, 2.75) is 25.3 Å². The number of rotatable bonds is 2. The molecule has 2 aromatic rings. The van der Waals surface area contributed by atoms with Crippen LogP contribution >= 0.6 is 0 Å². The van der Waals surface area contributed by atoms with Gasteiger partial charge in [-0.1, -0.05) is 23.8 Å². The van der Waals surface area contributed by atoms with Crippen molar-refractivity contribution in [1.29, 1.82) is 0 Å². The fourth-order valence-electron chi connectivity index (χ4n) is 4.63. The van der Waals surface area contributed by atoms with E-state index in [0.717, 1.165) is 42.3 Å². The van der Waals surface area contributed by atoms with Crippen molar-refractivity contribution in [3.05, 3.63) is 59.2 Å². The Kier molecular flexibility index (Phi) is 4.13. The average molecular weight is 376 g/mol. The van der Waals surface area contributed by atoms with Gasteiger partial charge in [-0.2, -0.15) is 0 Å². The van der Waals surface area contributed by atoms with Crippen LogP contribution in [0.5, 0.6) is 11.5 Å². The number of likely N-dealkylation sites (tertiary alicyclic amines) is 1. The quantitative estimate of drug-likeness (QED) is 0.752. The molecule has 144 valence electrons. The number of anilines is 1. The van der Waals surface area contributed by atoms with Crippen molar-refractivity contribution in [2.24, 2.45) is 0 Å². The summed E-state index contributed by atoms with van der Waals surface area (Å²) in [6, 6.07) is 12.4. The molecule has 1 saturated heterocycles. The number of amides is 1. The number of carbonyl (C=O) groups is 1. The summed E-state index contributed by atoms with van der Waals surface area (Å²) in [7, 11) is 2.16. The molecule has 0 aliphatic carbocycles. The zero-order valence-corrected chi connectivity index (χ0v) is 16.2. The third kappa shape index (κ3) is 2.87. The van der Waals surface area contributed by atoms with Crippen LogP contribution < -0.4 is 14.4 Å². The maximum atomic E-state index is 13.2. The van der Waals surface area contributed by atoms with Crippen molar-refractivity contribution in [1.82, 2.24) is 4.90 Å². The van der Waals surface area contributed by atoms with Gasteiger partial charge in [-0.25, -0.2) is 0 Å². The van der Waals surface area contributed by atoms with E-state index in [1.165, 1.54) is 11.1 Å². The highest BCUT2D eigenvalue weighted by atomic mass is 16.7. The zero-order valence-electron chi connectivity index (χ0n) is 16.2. The number of likely N-dealkylation sites (N-methyl/N-ethyl adjacent to an activating group) is 1. The highest BCUT2D eigenvalue weighted by molar-refractivity contribution is 6.06. The lowest BCUT2D eigenvalue weighted by Gasteiger charge is -2.36. The van der Waals surface area contributed by atoms with E-state index in [4.69, 9.17) is 9.47 Å². The molecule has 0 unspecified atom stereocenters. The molecule has 5 nitrogen and oxygen atoms in total. The first-order valence-corrected chi connectivity index (χ1v) is 9.80. The zero-order chi connectivity index (χ0) is 19.3. The Balaban J connectivity index is 1.44. The number of aryl methyl sites for hydroxylation is 1. The Labute approximate surface area is 165 Å². The summed E-state index contributed by atoms with van der Waals surface area (Å²) in [6.07, 6.45) is 4.54. The van der Waals surface area contributed by atoms with Crippen LogP contribution in [0, 0.1) is 6.92 Å². The summed E-state index contributed by atoms with van der Waals surface area (Å²) >= 11 is 0. The average Bonchev–Trinajstić information content (AvgIpc) is 3.27. The van der Waals surface area contributed by atoms with Gasteiger partial charge in [0.25, 0.3) is 5.91 Å². The molecule has 0 spiro atoms. The number of nitrogens with zero attached hydrogens (tertiary/aromatic N) is 2. The van der Waals surface area contributed by atoms with E-state index in [0.29, 0.717) is 5.92 Å². The Bertz CT molecular complexity index is 968. The van der Waals surface area contributed by atoms with Gasteiger partial charge in [0, 0.05) is 30.3 Å². The van der Waals surface area contributed by atoms with Crippen LogP contribution in [0.25, 0.3) is 6.08 Å². The van der Waals surface area contributed by atoms with Crippen LogP contribution in [-0.4, -0.2) is 43.8 Å². The number of piperidine rings is 1. The smallest absolute Gasteiger partial charge is 0.251 e. The molecule has 0 bridgehead atoms. The largest absolute Gasteiger partial charge is 0.454 e. The van der Waals surface area contributed by atoms with Gasteiger partial charge in [-0.15, -0.1) is 0 Å². The predicted molar refractivity (Wildman–Crippen MR) is 109 cm³/mol. The maximum Gasteiger partial charge on any atom is 0.251 e. The van der Waals surface area contributed by atoms with Gasteiger partial charge in [0.05, 0.1) is 0 Å². The minimum Gasteiger partial charge on any atom is -0.454 e. The van der Waals surface area contributed by atoms with E-state index in [9.17, 15) is 4.79 Å². The van der Waals surface area contributed by atoms with Gasteiger partial charge in [-0.05, 0) is 62.3 Å². The summed E-state index contributed by atoms with van der Waals surface area (Å²) in [5, 5.41) is 0. The first-order valence-electron chi connectivity index (χ1n) is 9.80. The Morgan fingerprint density at radius 3 is 2.89 bits per heavy atom. The third-order valence-corrected chi connectivity index (χ3v) is 6.01. The van der Waals surface area contributed by atoms with Crippen LogP contribution in [0.4, 0.5) is 5.69 Å². The Hall–Kier alpha value is -2.79. The fourth-order valence-corrected chi connectivity index (χ4v) is 4.63. The highest BCUT2D eigenvalue weighted by Gasteiger charge is 2.43. The van der Waals surface area contributed by atoms with Gasteiger partial charge in [0.15, 0.2) is 11.5 Å². The standard InChI is InChI=1S/C23H24N2O3/c1-15-3-6-19-17(11-15)18-13-24(2)10-9-20(18)25(19)23(26)8-5-16-4-7-21-22(12-16)28-14-27-21/h3-8,11-12,18,20H,9-10,13-14H2,1-2H3/b8-5+/t18-,20+/m0/s1. The number of ether oxygens (including phenoxy) is 2. The van der Waals surface area contributed by atoms with Crippen molar-refractivity contribution in [2.75, 3.05) is 31.8 Å². The van der Waals surface area contributed by atoms with E-state index in [1.54, 1.807) is 6.08 Å². The highest BCUT2D eigenvalue weighted by Crippen LogP contribution is 2.45. The van der Waals surface area contributed by atoms with Crippen molar-refractivity contribution >= 4 is 17.7 Å². The van der Waals surface area contributed by atoms with Crippen LogP contribution in [0.3, 0.4) is 0 Å². The fraction of sp³-hybridized carbons (Fsp3) is 0.348. The van der Waals surface area contributed by atoms with Crippen LogP contribution in [0.1, 0.15) is 29.0 Å². The first kappa shape index (κ1) is 17.3. The molecule has 0 saturated carbocycles. The Morgan fingerprint density at radius 1 is 1.14 bits per heavy atom. The molecule has 28 heavy (non-hydrogen) atoms. The maximum absolute atomic E-state index is 13.2. The SMILES string of the molecule is Cc1ccc2c(c1)[C@@H]1CN(C)CC[C@H]1N2C(=O)/C=C/c1ccc2c(c1)OCO2.